The Morgan fingerprint density at radius 3 is 2.07 bits per heavy atom. The van der Waals surface area contributed by atoms with E-state index in [0.29, 0.717) is 0 Å². The lowest BCUT2D eigenvalue weighted by atomic mass is 10.1. The highest BCUT2D eigenvalue weighted by molar-refractivity contribution is 6.04. The Labute approximate surface area is 84.6 Å². The van der Waals surface area contributed by atoms with Crippen LogP contribution in [0, 0.1) is 0 Å². The minimum absolute atomic E-state index is 0.116. The van der Waals surface area contributed by atoms with Crippen molar-refractivity contribution >= 4 is 16.5 Å². The summed E-state index contributed by atoms with van der Waals surface area (Å²) in [5.74, 6) is -2.59. The molecule has 0 unspecified atom stereocenters. The van der Waals surface area contributed by atoms with Gasteiger partial charge in [-0.3, -0.25) is 0 Å². The molecule has 0 aromatic heterocycles. The molecule has 0 saturated carbocycles. The van der Waals surface area contributed by atoms with Crippen LogP contribution in [0.3, 0.4) is 0 Å². The Hall–Kier alpha value is -2.30. The number of nitrogens with two attached hydrogens (primary N) is 1. The first-order chi connectivity index (χ1) is 7.04. The summed E-state index contributed by atoms with van der Waals surface area (Å²) < 4.78 is 0. The topological polar surface area (TPSA) is 107 Å². The molecule has 2 aromatic rings. The average Bonchev–Trinajstić information content (AvgIpc) is 2.23. The Kier molecular flexibility index (Phi) is 1.76. The van der Waals surface area contributed by atoms with Crippen LogP contribution in [0.5, 0.6) is 23.0 Å². The van der Waals surface area contributed by atoms with Gasteiger partial charge in [0.05, 0.1) is 5.39 Å². The number of rotatable bonds is 0. The maximum Gasteiger partial charge on any atom is 0.205 e. The minimum atomic E-state index is -0.780. The second-order valence-electron chi connectivity index (χ2n) is 3.16. The Morgan fingerprint density at radius 1 is 0.800 bits per heavy atom. The molecule has 0 saturated heterocycles. The average molecular weight is 207 g/mol. The fourth-order valence-corrected chi connectivity index (χ4v) is 1.50. The standard InChI is InChI=1S/C10H9NO4/c11-5-3-1-2-4-6(5)8(13)10(15)9(14)7(4)12/h1-3,12-15H,11H2. The molecular weight excluding hydrogens is 198 g/mol. The highest BCUT2D eigenvalue weighted by atomic mass is 16.3. The molecule has 2 aromatic carbocycles. The van der Waals surface area contributed by atoms with Crippen LogP contribution < -0.4 is 5.73 Å². The summed E-state index contributed by atoms with van der Waals surface area (Å²) >= 11 is 0. The van der Waals surface area contributed by atoms with E-state index in [9.17, 15) is 20.4 Å². The first-order valence-electron chi connectivity index (χ1n) is 4.18. The summed E-state index contributed by atoms with van der Waals surface area (Å²) in [7, 11) is 0. The third-order valence-electron chi connectivity index (χ3n) is 2.26. The van der Waals surface area contributed by atoms with Gasteiger partial charge >= 0.3 is 0 Å². The molecule has 0 amide bonds. The number of benzene rings is 2. The summed E-state index contributed by atoms with van der Waals surface area (Å²) in [5.41, 5.74) is 5.79. The lowest BCUT2D eigenvalue weighted by Crippen LogP contribution is -1.88. The first kappa shape index (κ1) is 9.26. The zero-order chi connectivity index (χ0) is 11.2. The summed E-state index contributed by atoms with van der Waals surface area (Å²) in [4.78, 5) is 0. The largest absolute Gasteiger partial charge is 0.504 e. The van der Waals surface area contributed by atoms with Crippen molar-refractivity contribution in [1.82, 2.24) is 0 Å². The maximum atomic E-state index is 9.54. The van der Waals surface area contributed by atoms with E-state index >= 15 is 0 Å². The van der Waals surface area contributed by atoms with E-state index in [0.717, 1.165) is 0 Å². The Balaban J connectivity index is 3.08. The molecular formula is C10H9NO4. The van der Waals surface area contributed by atoms with E-state index in [4.69, 9.17) is 5.73 Å². The minimum Gasteiger partial charge on any atom is -0.504 e. The van der Waals surface area contributed by atoms with Crippen LogP contribution in [0.4, 0.5) is 5.69 Å². The third-order valence-corrected chi connectivity index (χ3v) is 2.26. The Morgan fingerprint density at radius 2 is 1.40 bits per heavy atom. The van der Waals surface area contributed by atoms with Crippen molar-refractivity contribution in [3.05, 3.63) is 18.2 Å². The molecule has 0 heterocycles. The van der Waals surface area contributed by atoms with Gasteiger partial charge in [-0.05, 0) is 6.07 Å². The molecule has 5 heteroatoms. The Bertz CT molecular complexity index is 551. The fourth-order valence-electron chi connectivity index (χ4n) is 1.50. The number of fused-ring (bicyclic) bond motifs is 1. The quantitative estimate of drug-likeness (QED) is 0.254. The zero-order valence-corrected chi connectivity index (χ0v) is 7.60. The predicted molar refractivity (Wildman–Crippen MR) is 55.0 cm³/mol. The molecule has 0 aliphatic heterocycles. The highest BCUT2D eigenvalue weighted by Gasteiger charge is 2.18. The summed E-state index contributed by atoms with van der Waals surface area (Å²) in [6, 6.07) is 4.55. The van der Waals surface area contributed by atoms with Crippen LogP contribution in [0.2, 0.25) is 0 Å². The van der Waals surface area contributed by atoms with Gasteiger partial charge in [-0.25, -0.2) is 0 Å². The molecule has 6 N–H and O–H groups in total. The van der Waals surface area contributed by atoms with E-state index in [2.05, 4.69) is 0 Å². The van der Waals surface area contributed by atoms with Gasteiger partial charge in [0.2, 0.25) is 11.5 Å². The van der Waals surface area contributed by atoms with Gasteiger partial charge in [0, 0.05) is 11.1 Å². The number of anilines is 1. The van der Waals surface area contributed by atoms with Crippen molar-refractivity contribution in [2.24, 2.45) is 0 Å². The van der Waals surface area contributed by atoms with Crippen LogP contribution in [0.1, 0.15) is 0 Å². The summed E-state index contributed by atoms with van der Waals surface area (Å²) in [6.45, 7) is 0. The molecule has 78 valence electrons. The smallest absolute Gasteiger partial charge is 0.205 e. The lowest BCUT2D eigenvalue weighted by molar-refractivity contribution is 0.351. The van der Waals surface area contributed by atoms with Crippen molar-refractivity contribution < 1.29 is 20.4 Å². The number of phenols is 4. The predicted octanol–water partition coefficient (Wildman–Crippen LogP) is 1.24. The van der Waals surface area contributed by atoms with Crippen LogP contribution in [0.25, 0.3) is 10.8 Å². The van der Waals surface area contributed by atoms with Crippen molar-refractivity contribution in [2.75, 3.05) is 5.73 Å². The van der Waals surface area contributed by atoms with E-state index in [1.165, 1.54) is 12.1 Å². The molecule has 0 aliphatic carbocycles. The molecule has 2 rings (SSSR count). The van der Waals surface area contributed by atoms with Crippen LogP contribution in [0.15, 0.2) is 18.2 Å². The third kappa shape index (κ3) is 1.10. The van der Waals surface area contributed by atoms with Gasteiger partial charge < -0.3 is 26.2 Å². The lowest BCUT2D eigenvalue weighted by Gasteiger charge is -2.09. The van der Waals surface area contributed by atoms with Gasteiger partial charge in [0.15, 0.2) is 11.5 Å². The molecule has 0 fully saturated rings. The van der Waals surface area contributed by atoms with Crippen LogP contribution in [-0.2, 0) is 0 Å². The van der Waals surface area contributed by atoms with Crippen LogP contribution in [-0.4, -0.2) is 20.4 Å². The van der Waals surface area contributed by atoms with Crippen molar-refractivity contribution in [3.63, 3.8) is 0 Å². The first-order valence-corrected chi connectivity index (χ1v) is 4.18. The molecule has 0 bridgehead atoms. The molecule has 5 nitrogen and oxygen atoms in total. The summed E-state index contributed by atoms with van der Waals surface area (Å²) in [5, 5.41) is 37.9. The van der Waals surface area contributed by atoms with E-state index in [1.54, 1.807) is 6.07 Å². The number of nitrogen functional groups attached to an aromatic ring is 1. The van der Waals surface area contributed by atoms with Gasteiger partial charge in [-0.1, -0.05) is 12.1 Å². The van der Waals surface area contributed by atoms with E-state index in [-0.39, 0.29) is 16.5 Å². The summed E-state index contributed by atoms with van der Waals surface area (Å²) in [6.07, 6.45) is 0. The van der Waals surface area contributed by atoms with Crippen LogP contribution >= 0.6 is 0 Å². The van der Waals surface area contributed by atoms with Gasteiger partial charge in [0.25, 0.3) is 0 Å². The molecule has 15 heavy (non-hydrogen) atoms. The number of phenolic OH excluding ortho intramolecular Hbond substituents is 4. The van der Waals surface area contributed by atoms with Crippen molar-refractivity contribution in [1.29, 1.82) is 0 Å². The zero-order valence-electron chi connectivity index (χ0n) is 7.60. The molecule has 0 aliphatic rings. The normalized spacial score (nSPS) is 10.7. The van der Waals surface area contributed by atoms with Gasteiger partial charge in [-0.15, -0.1) is 0 Å². The fraction of sp³-hybridized carbons (Fsp3) is 0. The van der Waals surface area contributed by atoms with E-state index < -0.39 is 23.0 Å². The van der Waals surface area contributed by atoms with E-state index in [1.807, 2.05) is 0 Å². The second kappa shape index (κ2) is 2.84. The maximum absolute atomic E-state index is 9.54. The SMILES string of the molecule is Nc1cccc2c(O)c(O)c(O)c(O)c12. The van der Waals surface area contributed by atoms with Crippen molar-refractivity contribution in [3.8, 4) is 23.0 Å². The monoisotopic (exact) mass is 207 g/mol. The molecule has 0 spiro atoms. The van der Waals surface area contributed by atoms with Gasteiger partial charge in [-0.2, -0.15) is 0 Å². The molecule has 0 atom stereocenters. The highest BCUT2D eigenvalue weighted by Crippen LogP contribution is 2.49. The number of hydrogen-bond donors (Lipinski definition) is 5. The second-order valence-corrected chi connectivity index (χ2v) is 3.16. The number of hydrogen-bond acceptors (Lipinski definition) is 5. The molecule has 0 radical (unpaired) electrons. The number of aromatic hydroxyl groups is 4. The van der Waals surface area contributed by atoms with Gasteiger partial charge in [0.1, 0.15) is 0 Å². The van der Waals surface area contributed by atoms with Crippen molar-refractivity contribution in [2.45, 2.75) is 0 Å².